The molecular weight excluding hydrogens is 801 g/mol. The zero-order chi connectivity index (χ0) is 45.0. The summed E-state index contributed by atoms with van der Waals surface area (Å²) in [6, 6.07) is 54.9. The minimum absolute atomic E-state index is 0.310. The maximum atomic E-state index is 9.34. The lowest BCUT2D eigenvalue weighted by atomic mass is 9.54. The van der Waals surface area contributed by atoms with Crippen LogP contribution in [0.25, 0.3) is 67.5 Å². The molecule has 4 bridgehead atoms. The number of hydrogen-bond donors (Lipinski definition) is 0. The van der Waals surface area contributed by atoms with Crippen LogP contribution in [0.2, 0.25) is 0 Å². The van der Waals surface area contributed by atoms with E-state index in [1.165, 1.54) is 86.5 Å². The fourth-order valence-electron chi connectivity index (χ4n) is 14.1. The van der Waals surface area contributed by atoms with Crippen molar-refractivity contribution in [1.82, 2.24) is 15.0 Å². The number of nitriles is 1. The molecule has 4 nitrogen and oxygen atoms in total. The molecular formula is C62H62N4. The molecule has 7 aromatic rings. The Balaban J connectivity index is 0.935. The molecule has 330 valence electrons. The second-order valence-electron chi connectivity index (χ2n) is 21.8. The molecule has 0 aliphatic heterocycles. The van der Waals surface area contributed by atoms with Crippen LogP contribution in [0.3, 0.4) is 0 Å². The van der Waals surface area contributed by atoms with Gasteiger partial charge in [0.05, 0.1) is 11.6 Å². The van der Waals surface area contributed by atoms with Gasteiger partial charge in [0.15, 0.2) is 17.5 Å². The van der Waals surface area contributed by atoms with Crippen molar-refractivity contribution in [2.24, 2.45) is 35.5 Å². The lowest BCUT2D eigenvalue weighted by Crippen LogP contribution is -2.42. The second kappa shape index (κ2) is 17.2. The first-order valence-electron chi connectivity index (χ1n) is 24.9. The Hall–Kier alpha value is -6.18. The van der Waals surface area contributed by atoms with Crippen LogP contribution in [0, 0.1) is 46.8 Å². The summed E-state index contributed by atoms with van der Waals surface area (Å²) in [5.41, 5.74) is 14.0. The molecule has 0 amide bonds. The Kier molecular flexibility index (Phi) is 11.1. The lowest BCUT2D eigenvalue weighted by Gasteiger charge is -2.50. The number of nitrogens with zero attached hydrogens (tertiary/aromatic N) is 4. The molecule has 4 saturated carbocycles. The van der Waals surface area contributed by atoms with Crippen LogP contribution in [-0.2, 0) is 10.8 Å². The number of hydrogen-bond acceptors (Lipinski definition) is 4. The average molecular weight is 863 g/mol. The van der Waals surface area contributed by atoms with E-state index in [-0.39, 0.29) is 0 Å². The lowest BCUT2D eigenvalue weighted by molar-refractivity contribution is 0.0779. The van der Waals surface area contributed by atoms with E-state index in [0.29, 0.717) is 33.9 Å². The van der Waals surface area contributed by atoms with Crippen LogP contribution in [0.15, 0.2) is 146 Å². The van der Waals surface area contributed by atoms with Crippen molar-refractivity contribution in [3.8, 4) is 73.6 Å². The van der Waals surface area contributed by atoms with Crippen molar-refractivity contribution in [2.45, 2.75) is 103 Å². The molecule has 1 aromatic heterocycles. The fourth-order valence-corrected chi connectivity index (χ4v) is 14.1. The van der Waals surface area contributed by atoms with Gasteiger partial charge in [-0.25, -0.2) is 15.0 Å². The Morgan fingerprint density at radius 1 is 0.379 bits per heavy atom. The molecule has 11 rings (SSSR count). The molecule has 66 heavy (non-hydrogen) atoms. The molecule has 0 N–H and O–H groups in total. The standard InChI is InChI=1S/C62H62N4/c1-40-27-45-28-41(2)34-61(33-40,37-45)56-23-19-49(20-24-56)52-7-5-9-54(31-52)59-64-58(51-17-15-48(16-18-51)47-13-11-44(39-63)12-14-47)65-60(66-59)55-10-6-8-53(32-55)50-21-25-57(26-22-50)62-35-42(3)29-46(38-62)30-43(4)36-62/h5-26,31-32,40-43,45-46H,27-30,33-38H2,1-4H3/t40-,41+,42-,43+,45-,46?,61?,62?. The zero-order valence-electron chi connectivity index (χ0n) is 39.2. The second-order valence-corrected chi connectivity index (χ2v) is 21.8. The molecule has 8 atom stereocenters. The highest BCUT2D eigenvalue weighted by atomic mass is 15.0. The van der Waals surface area contributed by atoms with Gasteiger partial charge in [-0.2, -0.15) is 5.26 Å². The first-order valence-corrected chi connectivity index (χ1v) is 24.9. The summed E-state index contributed by atoms with van der Waals surface area (Å²) < 4.78 is 0. The largest absolute Gasteiger partial charge is 0.208 e. The van der Waals surface area contributed by atoms with E-state index in [0.717, 1.165) is 74.5 Å². The van der Waals surface area contributed by atoms with E-state index >= 15 is 0 Å². The summed E-state index contributed by atoms with van der Waals surface area (Å²) in [7, 11) is 0. The summed E-state index contributed by atoms with van der Waals surface area (Å²) in [4.78, 5) is 15.6. The Morgan fingerprint density at radius 2 is 0.697 bits per heavy atom. The predicted molar refractivity (Wildman–Crippen MR) is 270 cm³/mol. The molecule has 1 heterocycles. The van der Waals surface area contributed by atoms with E-state index in [4.69, 9.17) is 15.0 Å². The van der Waals surface area contributed by atoms with Crippen molar-refractivity contribution < 1.29 is 0 Å². The third kappa shape index (κ3) is 8.32. The summed E-state index contributed by atoms with van der Waals surface area (Å²) in [6.45, 7) is 9.88. The van der Waals surface area contributed by atoms with Crippen LogP contribution in [-0.4, -0.2) is 15.0 Å². The summed E-state index contributed by atoms with van der Waals surface area (Å²) in [5.74, 6) is 6.80. The fraction of sp³-hybridized carbons (Fsp3) is 0.355. The number of aromatic nitrogens is 3. The van der Waals surface area contributed by atoms with Crippen LogP contribution in [0.4, 0.5) is 0 Å². The van der Waals surface area contributed by atoms with E-state index in [1.54, 1.807) is 0 Å². The highest BCUT2D eigenvalue weighted by molar-refractivity contribution is 5.76. The third-order valence-corrected chi connectivity index (χ3v) is 16.3. The van der Waals surface area contributed by atoms with Crippen molar-refractivity contribution in [1.29, 1.82) is 5.26 Å². The average Bonchev–Trinajstić information content (AvgIpc) is 3.33. The Morgan fingerprint density at radius 3 is 1.09 bits per heavy atom. The van der Waals surface area contributed by atoms with Gasteiger partial charge in [0.2, 0.25) is 0 Å². The minimum atomic E-state index is 0.310. The van der Waals surface area contributed by atoms with Gasteiger partial charge in [-0.15, -0.1) is 0 Å². The maximum absolute atomic E-state index is 9.34. The van der Waals surface area contributed by atoms with E-state index in [2.05, 4.69) is 155 Å². The molecule has 6 aromatic carbocycles. The van der Waals surface area contributed by atoms with E-state index < -0.39 is 0 Å². The van der Waals surface area contributed by atoms with Gasteiger partial charge in [0, 0.05) is 16.7 Å². The van der Waals surface area contributed by atoms with Gasteiger partial charge in [0.1, 0.15) is 0 Å². The SMILES string of the molecule is C[C@@H]1CC2C[C@H](C)CC(c3ccc(-c4cccc(-c5nc(-c6ccc(-c7ccc(C#N)cc7)cc6)nc(-c6cccc(-c7ccc(C89C[C@H](C)C[C@H](C[C@H](C)C8)C9)cc7)c6)n5)c4)cc3)(C2)C1. The molecule has 0 saturated heterocycles. The van der Waals surface area contributed by atoms with Gasteiger partial charge in [-0.3, -0.25) is 0 Å². The van der Waals surface area contributed by atoms with Gasteiger partial charge in [0.25, 0.3) is 0 Å². The van der Waals surface area contributed by atoms with Crippen LogP contribution >= 0.6 is 0 Å². The number of rotatable bonds is 8. The zero-order valence-corrected chi connectivity index (χ0v) is 39.2. The van der Waals surface area contributed by atoms with Crippen LogP contribution in [0.5, 0.6) is 0 Å². The first kappa shape index (κ1) is 42.5. The summed E-state index contributed by atoms with van der Waals surface area (Å²) in [5, 5.41) is 9.34. The molecule has 3 unspecified atom stereocenters. The molecule has 4 aliphatic rings. The Bertz CT molecular complexity index is 2720. The van der Waals surface area contributed by atoms with E-state index in [1.807, 2.05) is 24.3 Å². The predicted octanol–water partition coefficient (Wildman–Crippen LogP) is 16.0. The smallest absolute Gasteiger partial charge is 0.164 e. The quantitative estimate of drug-likeness (QED) is 0.153. The highest BCUT2D eigenvalue weighted by Crippen LogP contribution is 2.55. The molecule has 0 spiro atoms. The Labute approximate surface area is 392 Å². The summed E-state index contributed by atoms with van der Waals surface area (Å²) in [6.07, 6.45) is 13.5. The topological polar surface area (TPSA) is 62.5 Å². The van der Waals surface area contributed by atoms with Gasteiger partial charge >= 0.3 is 0 Å². The minimum Gasteiger partial charge on any atom is -0.208 e. The molecule has 4 aliphatic carbocycles. The van der Waals surface area contributed by atoms with Crippen molar-refractivity contribution in [2.75, 3.05) is 0 Å². The van der Waals surface area contributed by atoms with Crippen molar-refractivity contribution in [3.63, 3.8) is 0 Å². The van der Waals surface area contributed by atoms with Gasteiger partial charge in [-0.05, 0) is 179 Å². The summed E-state index contributed by atoms with van der Waals surface area (Å²) >= 11 is 0. The molecule has 4 fully saturated rings. The first-order chi connectivity index (χ1) is 32.1. The number of fused-ring (bicyclic) bond motifs is 4. The van der Waals surface area contributed by atoms with Crippen molar-refractivity contribution >= 4 is 0 Å². The number of benzene rings is 6. The van der Waals surface area contributed by atoms with Crippen LogP contribution < -0.4 is 0 Å². The maximum Gasteiger partial charge on any atom is 0.164 e. The monoisotopic (exact) mass is 862 g/mol. The normalized spacial score (nSPS) is 26.9. The third-order valence-electron chi connectivity index (χ3n) is 16.3. The van der Waals surface area contributed by atoms with Gasteiger partial charge in [-0.1, -0.05) is 149 Å². The highest BCUT2D eigenvalue weighted by Gasteiger charge is 2.46. The molecule has 4 heteroatoms. The molecule has 0 radical (unpaired) electrons. The van der Waals surface area contributed by atoms with Crippen LogP contribution in [0.1, 0.15) is 109 Å². The van der Waals surface area contributed by atoms with E-state index in [9.17, 15) is 5.26 Å². The van der Waals surface area contributed by atoms with Crippen molar-refractivity contribution in [3.05, 3.63) is 162 Å². The van der Waals surface area contributed by atoms with Gasteiger partial charge < -0.3 is 0 Å².